The van der Waals surface area contributed by atoms with Gasteiger partial charge in [-0.15, -0.1) is 0 Å². The van der Waals surface area contributed by atoms with Crippen molar-refractivity contribution in [2.24, 2.45) is 0 Å². The van der Waals surface area contributed by atoms with E-state index in [0.29, 0.717) is 28.3 Å². The van der Waals surface area contributed by atoms with Crippen LogP contribution in [0.4, 0.5) is 0 Å². The van der Waals surface area contributed by atoms with Crippen LogP contribution in [0.3, 0.4) is 0 Å². The second kappa shape index (κ2) is 11.2. The minimum Gasteiger partial charge on any atom is -0.483 e. The molecule has 156 valence electrons. The standard InChI is InChI=1S/C22H26BrClN2O3/c1-4-10-25-22(28)16(3)26(13-17-7-5-6-15(2)11-17)21(27)14-29-20-9-8-18(24)12-19(20)23/h5-9,11-12,16H,4,10,13-14H2,1-3H3,(H,25,28)/t16-/m0/s1. The topological polar surface area (TPSA) is 58.6 Å². The first kappa shape index (κ1) is 23.2. The predicted molar refractivity (Wildman–Crippen MR) is 119 cm³/mol. The molecule has 0 saturated carbocycles. The van der Waals surface area contributed by atoms with Gasteiger partial charge in [0.15, 0.2) is 6.61 Å². The quantitative estimate of drug-likeness (QED) is 0.563. The van der Waals surface area contributed by atoms with E-state index in [1.807, 2.05) is 38.1 Å². The molecule has 0 aliphatic carbocycles. The van der Waals surface area contributed by atoms with Crippen molar-refractivity contribution in [3.8, 4) is 5.75 Å². The molecule has 1 N–H and O–H groups in total. The number of nitrogens with zero attached hydrogens (tertiary/aromatic N) is 1. The number of amides is 2. The van der Waals surface area contributed by atoms with Crippen molar-refractivity contribution >= 4 is 39.3 Å². The predicted octanol–water partition coefficient (Wildman–Crippen LogP) is 4.73. The number of halogens is 2. The Morgan fingerprint density at radius 2 is 2.00 bits per heavy atom. The summed E-state index contributed by atoms with van der Waals surface area (Å²) >= 11 is 9.32. The van der Waals surface area contributed by atoms with Crippen LogP contribution >= 0.6 is 27.5 Å². The molecule has 0 unspecified atom stereocenters. The summed E-state index contributed by atoms with van der Waals surface area (Å²) in [5.41, 5.74) is 2.06. The Labute approximate surface area is 185 Å². The highest BCUT2D eigenvalue weighted by atomic mass is 79.9. The minimum absolute atomic E-state index is 0.180. The lowest BCUT2D eigenvalue weighted by Crippen LogP contribution is -2.49. The maximum absolute atomic E-state index is 13.0. The van der Waals surface area contributed by atoms with Gasteiger partial charge in [0.2, 0.25) is 5.91 Å². The Morgan fingerprint density at radius 1 is 1.24 bits per heavy atom. The molecule has 0 spiro atoms. The van der Waals surface area contributed by atoms with Crippen LogP contribution in [0.2, 0.25) is 5.02 Å². The highest BCUT2D eigenvalue weighted by Crippen LogP contribution is 2.28. The van der Waals surface area contributed by atoms with Gasteiger partial charge in [0, 0.05) is 18.1 Å². The molecule has 0 aromatic heterocycles. The first-order valence-electron chi connectivity index (χ1n) is 9.52. The minimum atomic E-state index is -0.619. The number of benzene rings is 2. The highest BCUT2D eigenvalue weighted by molar-refractivity contribution is 9.10. The first-order valence-corrected chi connectivity index (χ1v) is 10.7. The maximum Gasteiger partial charge on any atom is 0.261 e. The average molecular weight is 482 g/mol. The number of carbonyl (C=O) groups is 2. The van der Waals surface area contributed by atoms with Crippen LogP contribution in [0, 0.1) is 6.92 Å². The molecule has 0 aliphatic heterocycles. The molecular weight excluding hydrogens is 456 g/mol. The summed E-state index contributed by atoms with van der Waals surface area (Å²) in [6.45, 7) is 6.43. The lowest BCUT2D eigenvalue weighted by atomic mass is 10.1. The number of rotatable bonds is 9. The van der Waals surface area contributed by atoms with Gasteiger partial charge in [-0.3, -0.25) is 9.59 Å². The van der Waals surface area contributed by atoms with Crippen LogP contribution in [0.1, 0.15) is 31.4 Å². The monoisotopic (exact) mass is 480 g/mol. The Hall–Kier alpha value is -2.05. The summed E-state index contributed by atoms with van der Waals surface area (Å²) in [6, 6.07) is 12.4. The normalized spacial score (nSPS) is 11.6. The van der Waals surface area contributed by atoms with Crippen molar-refractivity contribution in [2.45, 2.75) is 39.8 Å². The van der Waals surface area contributed by atoms with Crippen molar-refractivity contribution in [3.05, 3.63) is 63.1 Å². The second-order valence-electron chi connectivity index (χ2n) is 6.84. The molecule has 0 radical (unpaired) electrons. The number of carbonyl (C=O) groups excluding carboxylic acids is 2. The third-order valence-electron chi connectivity index (χ3n) is 4.40. The molecule has 1 atom stereocenters. The van der Waals surface area contributed by atoms with Gasteiger partial charge in [0.25, 0.3) is 5.91 Å². The lowest BCUT2D eigenvalue weighted by Gasteiger charge is -2.29. The molecule has 2 amide bonds. The van der Waals surface area contributed by atoms with Crippen molar-refractivity contribution < 1.29 is 14.3 Å². The molecule has 29 heavy (non-hydrogen) atoms. The fraction of sp³-hybridized carbons (Fsp3) is 0.364. The highest BCUT2D eigenvalue weighted by Gasteiger charge is 2.26. The van der Waals surface area contributed by atoms with E-state index in [9.17, 15) is 9.59 Å². The molecule has 2 aromatic rings. The molecule has 7 heteroatoms. The molecule has 0 aliphatic rings. The third kappa shape index (κ3) is 7.05. The van der Waals surface area contributed by atoms with Crippen LogP contribution in [-0.2, 0) is 16.1 Å². The van der Waals surface area contributed by atoms with Gasteiger partial charge in [-0.2, -0.15) is 0 Å². The molecule has 0 fully saturated rings. The number of hydrogen-bond acceptors (Lipinski definition) is 3. The van der Waals surface area contributed by atoms with E-state index in [2.05, 4.69) is 21.2 Å². The molecule has 2 aromatic carbocycles. The van der Waals surface area contributed by atoms with Gasteiger partial charge in [-0.25, -0.2) is 0 Å². The second-order valence-corrected chi connectivity index (χ2v) is 8.13. The Morgan fingerprint density at radius 3 is 2.66 bits per heavy atom. The van der Waals surface area contributed by atoms with Gasteiger partial charge in [-0.1, -0.05) is 48.4 Å². The summed E-state index contributed by atoms with van der Waals surface area (Å²) in [6.07, 6.45) is 0.831. The number of ether oxygens (including phenoxy) is 1. The zero-order valence-electron chi connectivity index (χ0n) is 16.9. The molecule has 2 rings (SSSR count). The number of aryl methyl sites for hydroxylation is 1. The van der Waals surface area contributed by atoms with E-state index < -0.39 is 6.04 Å². The van der Waals surface area contributed by atoms with Crippen LogP contribution in [-0.4, -0.2) is 35.9 Å². The summed E-state index contributed by atoms with van der Waals surface area (Å²) in [5, 5.41) is 3.43. The van der Waals surface area contributed by atoms with Crippen molar-refractivity contribution in [1.82, 2.24) is 10.2 Å². The summed E-state index contributed by atoms with van der Waals surface area (Å²) < 4.78 is 6.34. The molecule has 0 saturated heterocycles. The number of nitrogens with one attached hydrogen (secondary N) is 1. The van der Waals surface area contributed by atoms with Gasteiger partial charge in [0.05, 0.1) is 4.47 Å². The van der Waals surface area contributed by atoms with E-state index in [1.54, 1.807) is 30.0 Å². The van der Waals surface area contributed by atoms with Gasteiger partial charge < -0.3 is 15.0 Å². The van der Waals surface area contributed by atoms with Gasteiger partial charge in [0.1, 0.15) is 11.8 Å². The SMILES string of the molecule is CCCNC(=O)[C@H](C)N(Cc1cccc(C)c1)C(=O)COc1ccc(Cl)cc1Br. The van der Waals surface area contributed by atoms with Crippen molar-refractivity contribution in [2.75, 3.05) is 13.2 Å². The van der Waals surface area contributed by atoms with Crippen LogP contribution in [0.15, 0.2) is 46.9 Å². The van der Waals surface area contributed by atoms with E-state index in [-0.39, 0.29) is 18.4 Å². The van der Waals surface area contributed by atoms with Crippen LogP contribution in [0.25, 0.3) is 0 Å². The Bertz CT molecular complexity index is 860. The zero-order valence-corrected chi connectivity index (χ0v) is 19.2. The van der Waals surface area contributed by atoms with Gasteiger partial charge in [-0.05, 0) is 60.0 Å². The van der Waals surface area contributed by atoms with Crippen molar-refractivity contribution in [3.63, 3.8) is 0 Å². The molecular formula is C22H26BrClN2O3. The maximum atomic E-state index is 13.0. The summed E-state index contributed by atoms with van der Waals surface area (Å²) in [7, 11) is 0. The Balaban J connectivity index is 2.15. The largest absolute Gasteiger partial charge is 0.483 e. The van der Waals surface area contributed by atoms with E-state index in [0.717, 1.165) is 17.5 Å². The summed E-state index contributed by atoms with van der Waals surface area (Å²) in [4.78, 5) is 27.0. The van der Waals surface area contributed by atoms with E-state index >= 15 is 0 Å². The fourth-order valence-corrected chi connectivity index (χ4v) is 3.60. The van der Waals surface area contributed by atoms with E-state index in [4.69, 9.17) is 16.3 Å². The van der Waals surface area contributed by atoms with Gasteiger partial charge >= 0.3 is 0 Å². The molecule has 0 heterocycles. The molecule has 0 bridgehead atoms. The van der Waals surface area contributed by atoms with Crippen molar-refractivity contribution in [1.29, 1.82) is 0 Å². The van der Waals surface area contributed by atoms with Crippen LogP contribution in [0.5, 0.6) is 5.75 Å². The zero-order chi connectivity index (χ0) is 21.4. The smallest absolute Gasteiger partial charge is 0.261 e. The third-order valence-corrected chi connectivity index (χ3v) is 5.25. The fourth-order valence-electron chi connectivity index (χ4n) is 2.80. The summed E-state index contributed by atoms with van der Waals surface area (Å²) in [5.74, 6) is 0.0642. The lowest BCUT2D eigenvalue weighted by molar-refractivity contribution is -0.142. The van der Waals surface area contributed by atoms with Crippen LogP contribution < -0.4 is 10.1 Å². The molecule has 5 nitrogen and oxygen atoms in total. The first-order chi connectivity index (χ1) is 13.8. The van der Waals surface area contributed by atoms with E-state index in [1.165, 1.54) is 0 Å². The average Bonchev–Trinajstić information content (AvgIpc) is 2.69. The number of hydrogen-bond donors (Lipinski definition) is 1. The Kier molecular flexibility index (Phi) is 8.99.